The summed E-state index contributed by atoms with van der Waals surface area (Å²) in [4.78, 5) is 33.8. The molecule has 0 spiro atoms. The van der Waals surface area contributed by atoms with Gasteiger partial charge < -0.3 is 15.5 Å². The summed E-state index contributed by atoms with van der Waals surface area (Å²) in [6, 6.07) is -1.39. The number of hydrogen-bond donors (Lipinski definition) is 4. The normalized spacial score (nSPS) is 19.4. The molecule has 0 aromatic heterocycles. The van der Waals surface area contributed by atoms with Gasteiger partial charge in [-0.1, -0.05) is 19.3 Å². The molecule has 0 saturated heterocycles. The number of carboxylic acid groups (broad SMARTS) is 2. The lowest BCUT2D eigenvalue weighted by molar-refractivity contribution is -0.148. The number of carboxylic acids is 2. The number of carbonyl (C=O) groups excluding carboxylic acids is 1. The standard InChI is InChI=1S/C12H19NO5S/c14-9(15)6-8(10(16)17)13-11(18)12(7-19)4-2-1-3-5-12/h8,19H,1-7H2,(H,13,18)(H,14,15)(H,16,17)/t8-/m0/s1. The molecule has 0 aliphatic heterocycles. The van der Waals surface area contributed by atoms with Crippen molar-refractivity contribution < 1.29 is 24.6 Å². The Kier molecular flexibility index (Phi) is 5.65. The summed E-state index contributed by atoms with van der Waals surface area (Å²) in [6.07, 6.45) is 3.59. The third-order valence-electron chi connectivity index (χ3n) is 3.58. The predicted octanol–water partition coefficient (Wildman–Crippen LogP) is 0.911. The molecule has 0 aromatic carbocycles. The van der Waals surface area contributed by atoms with Crippen LogP contribution in [0, 0.1) is 5.41 Å². The van der Waals surface area contributed by atoms with E-state index >= 15 is 0 Å². The van der Waals surface area contributed by atoms with E-state index in [-0.39, 0.29) is 0 Å². The first kappa shape index (κ1) is 15.8. The minimum atomic E-state index is -1.39. The van der Waals surface area contributed by atoms with Gasteiger partial charge in [-0.15, -0.1) is 0 Å². The van der Waals surface area contributed by atoms with Gasteiger partial charge >= 0.3 is 11.9 Å². The molecule has 1 aliphatic rings. The number of aliphatic carboxylic acids is 2. The van der Waals surface area contributed by atoms with Crippen molar-refractivity contribution in [2.45, 2.75) is 44.6 Å². The highest BCUT2D eigenvalue weighted by Gasteiger charge is 2.40. The highest BCUT2D eigenvalue weighted by molar-refractivity contribution is 7.80. The van der Waals surface area contributed by atoms with Crippen LogP contribution < -0.4 is 5.32 Å². The lowest BCUT2D eigenvalue weighted by Gasteiger charge is -2.35. The van der Waals surface area contributed by atoms with E-state index in [4.69, 9.17) is 10.2 Å². The maximum Gasteiger partial charge on any atom is 0.326 e. The van der Waals surface area contributed by atoms with Crippen LogP contribution >= 0.6 is 12.6 Å². The van der Waals surface area contributed by atoms with E-state index in [9.17, 15) is 14.4 Å². The van der Waals surface area contributed by atoms with Gasteiger partial charge in [0.2, 0.25) is 5.91 Å². The zero-order valence-corrected chi connectivity index (χ0v) is 11.5. The predicted molar refractivity (Wildman–Crippen MR) is 71.2 cm³/mol. The first-order chi connectivity index (χ1) is 8.91. The van der Waals surface area contributed by atoms with Crippen LogP contribution in [0.15, 0.2) is 0 Å². The maximum atomic E-state index is 12.2. The quantitative estimate of drug-likeness (QED) is 0.544. The first-order valence-corrected chi connectivity index (χ1v) is 6.91. The van der Waals surface area contributed by atoms with Gasteiger partial charge in [-0.3, -0.25) is 9.59 Å². The van der Waals surface area contributed by atoms with Crippen LogP contribution in [0.1, 0.15) is 38.5 Å². The minimum Gasteiger partial charge on any atom is -0.481 e. The van der Waals surface area contributed by atoms with Gasteiger partial charge in [0.05, 0.1) is 11.8 Å². The van der Waals surface area contributed by atoms with Crippen molar-refractivity contribution in [3.05, 3.63) is 0 Å². The second kappa shape index (κ2) is 6.79. The Balaban J connectivity index is 2.74. The van der Waals surface area contributed by atoms with Gasteiger partial charge in [-0.05, 0) is 12.8 Å². The molecule has 0 unspecified atom stereocenters. The summed E-state index contributed by atoms with van der Waals surface area (Å²) in [5.41, 5.74) is -0.659. The molecular formula is C12H19NO5S. The summed E-state index contributed by atoms with van der Waals surface area (Å²) in [7, 11) is 0. The van der Waals surface area contributed by atoms with Crippen LogP contribution in [0.25, 0.3) is 0 Å². The van der Waals surface area contributed by atoms with E-state index in [2.05, 4.69) is 17.9 Å². The fourth-order valence-corrected chi connectivity index (χ4v) is 2.83. The van der Waals surface area contributed by atoms with Crippen LogP contribution in [0.4, 0.5) is 0 Å². The summed E-state index contributed by atoms with van der Waals surface area (Å²) < 4.78 is 0. The van der Waals surface area contributed by atoms with E-state index in [0.29, 0.717) is 18.6 Å². The molecule has 1 rings (SSSR count). The Labute approximate surface area is 117 Å². The first-order valence-electron chi connectivity index (χ1n) is 6.28. The highest BCUT2D eigenvalue weighted by Crippen LogP contribution is 2.37. The average Bonchev–Trinajstić information content (AvgIpc) is 2.38. The highest BCUT2D eigenvalue weighted by atomic mass is 32.1. The zero-order chi connectivity index (χ0) is 14.5. The molecule has 7 heteroatoms. The summed E-state index contributed by atoms with van der Waals surface area (Å²) in [6.45, 7) is 0. The van der Waals surface area contributed by atoms with E-state index in [1.54, 1.807) is 0 Å². The Morgan fingerprint density at radius 3 is 2.16 bits per heavy atom. The van der Waals surface area contributed by atoms with E-state index in [1.807, 2.05) is 0 Å². The molecule has 108 valence electrons. The number of amides is 1. The maximum absolute atomic E-state index is 12.2. The van der Waals surface area contributed by atoms with Gasteiger partial charge in [-0.2, -0.15) is 12.6 Å². The third kappa shape index (κ3) is 4.12. The minimum absolute atomic E-state index is 0.345. The molecule has 1 fully saturated rings. The number of nitrogens with one attached hydrogen (secondary N) is 1. The van der Waals surface area contributed by atoms with Crippen molar-refractivity contribution in [2.24, 2.45) is 5.41 Å². The van der Waals surface area contributed by atoms with Gasteiger partial charge in [0.25, 0.3) is 0 Å². The van der Waals surface area contributed by atoms with Crippen LogP contribution in [-0.4, -0.2) is 39.9 Å². The van der Waals surface area contributed by atoms with Crippen molar-refractivity contribution in [2.75, 3.05) is 5.75 Å². The van der Waals surface area contributed by atoms with E-state index < -0.39 is 35.7 Å². The fraction of sp³-hybridized carbons (Fsp3) is 0.750. The van der Waals surface area contributed by atoms with Crippen LogP contribution in [0.2, 0.25) is 0 Å². The van der Waals surface area contributed by atoms with Crippen molar-refractivity contribution in [1.29, 1.82) is 0 Å². The second-order valence-corrected chi connectivity index (χ2v) is 5.28. The molecule has 0 heterocycles. The van der Waals surface area contributed by atoms with Crippen molar-refractivity contribution >= 4 is 30.5 Å². The number of hydrogen-bond acceptors (Lipinski definition) is 4. The van der Waals surface area contributed by atoms with Crippen LogP contribution in [0.5, 0.6) is 0 Å². The molecule has 1 aliphatic carbocycles. The molecular weight excluding hydrogens is 270 g/mol. The van der Waals surface area contributed by atoms with Crippen molar-refractivity contribution in [3.63, 3.8) is 0 Å². The molecule has 6 nitrogen and oxygen atoms in total. The summed E-state index contributed by atoms with van der Waals surface area (Å²) >= 11 is 4.21. The SMILES string of the molecule is O=C(O)C[C@H](NC(=O)C1(CS)CCCCC1)C(=O)O. The van der Waals surface area contributed by atoms with E-state index in [1.165, 1.54) is 0 Å². The Morgan fingerprint density at radius 1 is 1.16 bits per heavy atom. The lowest BCUT2D eigenvalue weighted by atomic mass is 9.74. The monoisotopic (exact) mass is 289 g/mol. The molecule has 3 N–H and O–H groups in total. The molecule has 1 atom stereocenters. The largest absolute Gasteiger partial charge is 0.481 e. The molecule has 1 saturated carbocycles. The molecule has 0 radical (unpaired) electrons. The Bertz CT molecular complexity index is 365. The number of rotatable bonds is 6. The fourth-order valence-electron chi connectivity index (χ4n) is 2.37. The van der Waals surface area contributed by atoms with Gasteiger partial charge in [-0.25, -0.2) is 4.79 Å². The summed E-state index contributed by atoms with van der Waals surface area (Å²) in [5, 5.41) is 19.9. The average molecular weight is 289 g/mol. The van der Waals surface area contributed by atoms with Gasteiger partial charge in [0.15, 0.2) is 0 Å². The lowest BCUT2D eigenvalue weighted by Crippen LogP contribution is -2.50. The third-order valence-corrected chi connectivity index (χ3v) is 4.18. The Hall–Kier alpha value is -1.24. The second-order valence-electron chi connectivity index (χ2n) is 4.96. The van der Waals surface area contributed by atoms with E-state index in [0.717, 1.165) is 19.3 Å². The molecule has 0 bridgehead atoms. The molecule has 1 amide bonds. The smallest absolute Gasteiger partial charge is 0.326 e. The van der Waals surface area contributed by atoms with Gasteiger partial charge in [0.1, 0.15) is 6.04 Å². The summed E-state index contributed by atoms with van der Waals surface area (Å²) in [5.74, 6) is -2.63. The Morgan fingerprint density at radius 2 is 1.74 bits per heavy atom. The van der Waals surface area contributed by atoms with Crippen molar-refractivity contribution in [1.82, 2.24) is 5.32 Å². The van der Waals surface area contributed by atoms with Gasteiger partial charge in [0, 0.05) is 5.75 Å². The zero-order valence-electron chi connectivity index (χ0n) is 10.6. The van der Waals surface area contributed by atoms with Crippen LogP contribution in [-0.2, 0) is 14.4 Å². The topological polar surface area (TPSA) is 104 Å². The van der Waals surface area contributed by atoms with Crippen LogP contribution in [0.3, 0.4) is 0 Å². The number of carbonyl (C=O) groups is 3. The molecule has 0 aromatic rings. The molecule has 19 heavy (non-hydrogen) atoms. The number of thiol groups is 1. The van der Waals surface area contributed by atoms with Crippen molar-refractivity contribution in [3.8, 4) is 0 Å².